The molecule has 2 rings (SSSR count). The molecule has 0 amide bonds. The monoisotopic (exact) mass is 206 g/mol. The van der Waals surface area contributed by atoms with Gasteiger partial charge in [-0.15, -0.1) is 0 Å². The first-order valence-electron chi connectivity index (χ1n) is 5.12. The van der Waals surface area contributed by atoms with Gasteiger partial charge in [0.05, 0.1) is 6.54 Å². The summed E-state index contributed by atoms with van der Waals surface area (Å²) < 4.78 is 0. The Morgan fingerprint density at radius 1 is 1.53 bits per heavy atom. The van der Waals surface area contributed by atoms with Gasteiger partial charge in [-0.2, -0.15) is 0 Å². The number of hydrogen-bond donors (Lipinski definition) is 2. The minimum atomic E-state index is -0.810. The SMILES string of the molecule is O=C(O)CNC(c1ccncc1)C1CC1. The molecule has 1 unspecified atom stereocenters. The molecule has 0 bridgehead atoms. The quantitative estimate of drug-likeness (QED) is 0.760. The molecule has 80 valence electrons. The highest BCUT2D eigenvalue weighted by atomic mass is 16.4. The molecular weight excluding hydrogens is 192 g/mol. The van der Waals surface area contributed by atoms with Gasteiger partial charge in [0.2, 0.25) is 0 Å². The summed E-state index contributed by atoms with van der Waals surface area (Å²) in [7, 11) is 0. The first-order chi connectivity index (χ1) is 7.27. The molecule has 15 heavy (non-hydrogen) atoms. The van der Waals surface area contributed by atoms with Gasteiger partial charge in [0.15, 0.2) is 0 Å². The lowest BCUT2D eigenvalue weighted by Crippen LogP contribution is -2.28. The average molecular weight is 206 g/mol. The summed E-state index contributed by atoms with van der Waals surface area (Å²) in [5.74, 6) is -0.221. The molecule has 4 nitrogen and oxygen atoms in total. The smallest absolute Gasteiger partial charge is 0.317 e. The molecule has 2 N–H and O–H groups in total. The van der Waals surface area contributed by atoms with E-state index in [0.717, 1.165) is 5.56 Å². The highest BCUT2D eigenvalue weighted by Gasteiger charge is 2.32. The molecule has 0 spiro atoms. The fraction of sp³-hybridized carbons (Fsp3) is 0.455. The first kappa shape index (κ1) is 10.1. The van der Waals surface area contributed by atoms with Gasteiger partial charge in [-0.3, -0.25) is 15.1 Å². The predicted octanol–water partition coefficient (Wildman–Crippen LogP) is 1.21. The van der Waals surface area contributed by atoms with Gasteiger partial charge < -0.3 is 5.11 Å². The Kier molecular flexibility index (Phi) is 2.97. The van der Waals surface area contributed by atoms with E-state index in [1.165, 1.54) is 12.8 Å². The second kappa shape index (κ2) is 4.40. The number of aliphatic carboxylic acids is 1. The van der Waals surface area contributed by atoms with Crippen molar-refractivity contribution in [2.45, 2.75) is 18.9 Å². The van der Waals surface area contributed by atoms with E-state index in [4.69, 9.17) is 5.11 Å². The van der Waals surface area contributed by atoms with Gasteiger partial charge in [-0.1, -0.05) is 0 Å². The Morgan fingerprint density at radius 2 is 2.20 bits per heavy atom. The summed E-state index contributed by atoms with van der Waals surface area (Å²) in [6, 6.07) is 4.06. The maximum atomic E-state index is 10.5. The average Bonchev–Trinajstić information content (AvgIpc) is 3.03. The number of pyridine rings is 1. The third kappa shape index (κ3) is 2.76. The number of carbonyl (C=O) groups is 1. The van der Waals surface area contributed by atoms with Crippen LogP contribution in [0.4, 0.5) is 0 Å². The molecule has 1 saturated carbocycles. The Morgan fingerprint density at radius 3 is 2.73 bits per heavy atom. The van der Waals surface area contributed by atoms with Crippen molar-refractivity contribution in [1.82, 2.24) is 10.3 Å². The molecule has 1 aromatic heterocycles. The minimum absolute atomic E-state index is 0.0174. The van der Waals surface area contributed by atoms with E-state index in [9.17, 15) is 4.79 Å². The van der Waals surface area contributed by atoms with Crippen LogP contribution in [0.1, 0.15) is 24.4 Å². The second-order valence-electron chi connectivity index (χ2n) is 3.87. The minimum Gasteiger partial charge on any atom is -0.480 e. The van der Waals surface area contributed by atoms with Gasteiger partial charge in [0.25, 0.3) is 0 Å². The van der Waals surface area contributed by atoms with Crippen molar-refractivity contribution in [3.8, 4) is 0 Å². The molecule has 0 aromatic carbocycles. The van der Waals surface area contributed by atoms with E-state index < -0.39 is 5.97 Å². The van der Waals surface area contributed by atoms with E-state index in [1.54, 1.807) is 12.4 Å². The van der Waals surface area contributed by atoms with Crippen LogP contribution in [-0.2, 0) is 4.79 Å². The third-order valence-electron chi connectivity index (χ3n) is 2.63. The summed E-state index contributed by atoms with van der Waals surface area (Å²) in [5, 5.41) is 11.7. The molecule has 1 aliphatic carbocycles. The summed E-state index contributed by atoms with van der Waals surface area (Å²) in [6.45, 7) is 0.0174. The van der Waals surface area contributed by atoms with Crippen LogP contribution in [-0.4, -0.2) is 22.6 Å². The lowest BCUT2D eigenvalue weighted by Gasteiger charge is -2.17. The highest BCUT2D eigenvalue weighted by Crippen LogP contribution is 2.40. The molecule has 0 saturated heterocycles. The van der Waals surface area contributed by atoms with Gasteiger partial charge in [-0.25, -0.2) is 0 Å². The summed E-state index contributed by atoms with van der Waals surface area (Å²) in [5.41, 5.74) is 1.13. The molecular formula is C11H14N2O2. The highest BCUT2D eigenvalue weighted by molar-refractivity contribution is 5.69. The van der Waals surface area contributed by atoms with Crippen molar-refractivity contribution in [1.29, 1.82) is 0 Å². The van der Waals surface area contributed by atoms with Crippen molar-refractivity contribution in [3.63, 3.8) is 0 Å². The molecule has 1 aliphatic rings. The standard InChI is InChI=1S/C11H14N2O2/c14-10(15)7-13-11(8-1-2-8)9-3-5-12-6-4-9/h3-6,8,11,13H,1-2,7H2,(H,14,15). The van der Waals surface area contributed by atoms with Crippen molar-refractivity contribution in [2.75, 3.05) is 6.54 Å². The van der Waals surface area contributed by atoms with E-state index in [1.807, 2.05) is 12.1 Å². The van der Waals surface area contributed by atoms with Crippen molar-refractivity contribution in [2.24, 2.45) is 5.92 Å². The molecule has 4 heteroatoms. The number of hydrogen-bond acceptors (Lipinski definition) is 3. The number of carboxylic acid groups (broad SMARTS) is 1. The number of rotatable bonds is 5. The van der Waals surface area contributed by atoms with E-state index in [0.29, 0.717) is 5.92 Å². The van der Waals surface area contributed by atoms with E-state index in [-0.39, 0.29) is 12.6 Å². The van der Waals surface area contributed by atoms with E-state index in [2.05, 4.69) is 10.3 Å². The van der Waals surface area contributed by atoms with Gasteiger partial charge in [0, 0.05) is 18.4 Å². The van der Waals surface area contributed by atoms with Gasteiger partial charge >= 0.3 is 5.97 Å². The maximum Gasteiger partial charge on any atom is 0.317 e. The molecule has 1 atom stereocenters. The van der Waals surface area contributed by atoms with Gasteiger partial charge in [-0.05, 0) is 36.5 Å². The van der Waals surface area contributed by atoms with Crippen LogP contribution in [0.15, 0.2) is 24.5 Å². The summed E-state index contributed by atoms with van der Waals surface area (Å²) >= 11 is 0. The molecule has 1 aromatic rings. The zero-order chi connectivity index (χ0) is 10.7. The van der Waals surface area contributed by atoms with Crippen LogP contribution in [0.3, 0.4) is 0 Å². The fourth-order valence-electron chi connectivity index (χ4n) is 1.75. The Labute approximate surface area is 88.3 Å². The van der Waals surface area contributed by atoms with Crippen molar-refractivity contribution >= 4 is 5.97 Å². The molecule has 0 radical (unpaired) electrons. The first-order valence-corrected chi connectivity index (χ1v) is 5.12. The van der Waals surface area contributed by atoms with Crippen LogP contribution in [0.25, 0.3) is 0 Å². The Balaban J connectivity index is 2.03. The lowest BCUT2D eigenvalue weighted by atomic mass is 10.0. The molecule has 1 heterocycles. The van der Waals surface area contributed by atoms with E-state index >= 15 is 0 Å². The molecule has 0 aliphatic heterocycles. The normalized spacial score (nSPS) is 17.3. The Bertz CT molecular complexity index is 336. The van der Waals surface area contributed by atoms with Crippen molar-refractivity contribution < 1.29 is 9.90 Å². The number of aromatic nitrogens is 1. The third-order valence-corrected chi connectivity index (χ3v) is 2.63. The van der Waals surface area contributed by atoms with Crippen molar-refractivity contribution in [3.05, 3.63) is 30.1 Å². The number of nitrogens with zero attached hydrogens (tertiary/aromatic N) is 1. The molecule has 1 fully saturated rings. The van der Waals surface area contributed by atoms with Crippen LogP contribution in [0.5, 0.6) is 0 Å². The van der Waals surface area contributed by atoms with Crippen LogP contribution in [0, 0.1) is 5.92 Å². The number of carboxylic acids is 1. The van der Waals surface area contributed by atoms with Crippen LogP contribution in [0.2, 0.25) is 0 Å². The fourth-order valence-corrected chi connectivity index (χ4v) is 1.75. The van der Waals surface area contributed by atoms with Crippen LogP contribution < -0.4 is 5.32 Å². The summed E-state index contributed by atoms with van der Waals surface area (Å²) in [4.78, 5) is 14.5. The second-order valence-corrected chi connectivity index (χ2v) is 3.87. The topological polar surface area (TPSA) is 62.2 Å². The predicted molar refractivity (Wildman–Crippen MR) is 55.3 cm³/mol. The summed E-state index contributed by atoms with van der Waals surface area (Å²) in [6.07, 6.45) is 5.85. The Hall–Kier alpha value is -1.42. The lowest BCUT2D eigenvalue weighted by molar-refractivity contribution is -0.136. The zero-order valence-corrected chi connectivity index (χ0v) is 8.39. The maximum absolute atomic E-state index is 10.5. The largest absolute Gasteiger partial charge is 0.480 e. The van der Waals surface area contributed by atoms with Gasteiger partial charge in [0.1, 0.15) is 0 Å². The zero-order valence-electron chi connectivity index (χ0n) is 8.39. The number of nitrogens with one attached hydrogen (secondary N) is 1. The van der Waals surface area contributed by atoms with Crippen LogP contribution >= 0.6 is 0 Å².